The zero-order valence-corrected chi connectivity index (χ0v) is 33.5. The molecule has 2 heterocycles. The van der Waals surface area contributed by atoms with Crippen molar-refractivity contribution in [3.8, 4) is 11.1 Å². The predicted octanol–water partition coefficient (Wildman–Crippen LogP) is 13.7. The Morgan fingerprint density at radius 3 is 2.00 bits per heavy atom. The summed E-state index contributed by atoms with van der Waals surface area (Å²) in [5.74, 6) is 0. The van der Waals surface area contributed by atoms with E-state index in [2.05, 4.69) is 165 Å². The van der Waals surface area contributed by atoms with Gasteiger partial charge in [-0.25, -0.2) is 0 Å². The quantitative estimate of drug-likeness (QED) is 0.120. The van der Waals surface area contributed by atoms with Gasteiger partial charge in [0.2, 0.25) is 0 Å². The molecule has 0 amide bonds. The van der Waals surface area contributed by atoms with E-state index < -0.39 is 0 Å². The van der Waals surface area contributed by atoms with Crippen LogP contribution in [0, 0.1) is 6.92 Å². The maximum Gasteiger partial charge on any atom is 0.143 e. The number of benzene rings is 6. The summed E-state index contributed by atoms with van der Waals surface area (Å²) < 4.78 is 6.45. The summed E-state index contributed by atoms with van der Waals surface area (Å²) in [5, 5.41) is 6.06. The average molecular weight is 748 g/mol. The number of furan rings is 1. The largest absolute Gasteiger partial charge is 0.455 e. The fourth-order valence-corrected chi connectivity index (χ4v) is 6.72. The molecular formula is C53H53N3O. The molecule has 0 aliphatic carbocycles. The van der Waals surface area contributed by atoms with Crippen LogP contribution in [-0.2, 0) is 0 Å². The number of hydrogen-bond donors (Lipinski definition) is 2. The van der Waals surface area contributed by atoms with Crippen LogP contribution in [0.5, 0.6) is 0 Å². The van der Waals surface area contributed by atoms with Crippen molar-refractivity contribution < 1.29 is 4.42 Å². The first-order valence-corrected chi connectivity index (χ1v) is 19.4. The molecule has 2 atom stereocenters. The number of aryl methyl sites for hydroxylation is 1. The molecule has 4 heteroatoms. The first-order chi connectivity index (χ1) is 27.9. The summed E-state index contributed by atoms with van der Waals surface area (Å²) >= 11 is 0. The van der Waals surface area contributed by atoms with Crippen molar-refractivity contribution in [1.82, 2.24) is 5.32 Å². The van der Waals surface area contributed by atoms with Gasteiger partial charge in [-0.3, -0.25) is 0 Å². The number of aliphatic imine (C=N–C) groups is 1. The molecule has 4 nitrogen and oxygen atoms in total. The molecule has 0 saturated heterocycles. The highest BCUT2D eigenvalue weighted by Crippen LogP contribution is 2.38. The number of fused-ring (bicyclic) bond motifs is 3. The zero-order valence-electron chi connectivity index (χ0n) is 33.5. The van der Waals surface area contributed by atoms with Crippen molar-refractivity contribution >= 4 is 39.9 Å². The first-order valence-electron chi connectivity index (χ1n) is 19.4. The van der Waals surface area contributed by atoms with E-state index in [9.17, 15) is 0 Å². The summed E-state index contributed by atoms with van der Waals surface area (Å²) in [6.45, 7) is 16.9. The molecule has 3 N–H and O–H groups in total. The lowest BCUT2D eigenvalue weighted by Gasteiger charge is -2.26. The summed E-state index contributed by atoms with van der Waals surface area (Å²) in [4.78, 5) is 3.25. The third-order valence-electron chi connectivity index (χ3n) is 9.43. The van der Waals surface area contributed by atoms with Gasteiger partial charge in [0.15, 0.2) is 0 Å². The number of nitrogens with zero attached hydrogens (tertiary/aromatic N) is 1. The first kappa shape index (κ1) is 41.4. The molecule has 1 aliphatic heterocycles. The fourth-order valence-electron chi connectivity index (χ4n) is 6.72. The van der Waals surface area contributed by atoms with E-state index in [4.69, 9.17) is 10.2 Å². The average Bonchev–Trinajstić information content (AvgIpc) is 3.66. The molecule has 2 unspecified atom stereocenters. The van der Waals surface area contributed by atoms with E-state index in [1.165, 1.54) is 5.56 Å². The van der Waals surface area contributed by atoms with Crippen LogP contribution in [0.3, 0.4) is 0 Å². The van der Waals surface area contributed by atoms with E-state index in [1.807, 2.05) is 56.3 Å². The lowest BCUT2D eigenvalue weighted by atomic mass is 9.90. The van der Waals surface area contributed by atoms with Crippen LogP contribution in [0.2, 0.25) is 0 Å². The Bertz CT molecular complexity index is 2500. The smallest absolute Gasteiger partial charge is 0.143 e. The lowest BCUT2D eigenvalue weighted by molar-refractivity contribution is 0.667. The highest BCUT2D eigenvalue weighted by atomic mass is 16.3. The van der Waals surface area contributed by atoms with Crippen molar-refractivity contribution in [3.05, 3.63) is 229 Å². The number of rotatable bonds is 8. The second kappa shape index (κ2) is 20.8. The molecule has 1 aliphatic rings. The minimum absolute atomic E-state index is 0.0619. The molecule has 286 valence electrons. The van der Waals surface area contributed by atoms with E-state index in [0.29, 0.717) is 0 Å². The molecule has 0 bridgehead atoms. The van der Waals surface area contributed by atoms with Crippen LogP contribution in [-0.4, -0.2) is 13.8 Å². The summed E-state index contributed by atoms with van der Waals surface area (Å²) in [7, 11) is 1.64. The Morgan fingerprint density at radius 1 is 0.737 bits per heavy atom. The number of nitrogens with two attached hydrogens (primary N) is 1. The summed E-state index contributed by atoms with van der Waals surface area (Å²) in [6.07, 6.45) is 9.98. The number of dihydropyridines is 1. The summed E-state index contributed by atoms with van der Waals surface area (Å²) in [5.41, 5.74) is 19.5. The minimum Gasteiger partial charge on any atom is -0.455 e. The molecule has 8 rings (SSSR count). The van der Waals surface area contributed by atoms with Gasteiger partial charge in [-0.1, -0.05) is 184 Å². The van der Waals surface area contributed by atoms with Crippen molar-refractivity contribution in [2.45, 2.75) is 32.9 Å². The van der Waals surface area contributed by atoms with Crippen LogP contribution in [0.1, 0.15) is 53.7 Å². The predicted molar refractivity (Wildman–Crippen MR) is 247 cm³/mol. The van der Waals surface area contributed by atoms with E-state index in [0.717, 1.165) is 72.2 Å². The fraction of sp³-hybridized carbons (Fsp3) is 0.113. The highest BCUT2D eigenvalue weighted by Gasteiger charge is 2.21. The van der Waals surface area contributed by atoms with Crippen molar-refractivity contribution in [2.24, 2.45) is 10.7 Å². The number of para-hydroxylation sites is 2. The summed E-state index contributed by atoms with van der Waals surface area (Å²) in [6, 6.07) is 52.2. The van der Waals surface area contributed by atoms with Crippen LogP contribution in [0.15, 0.2) is 210 Å². The topological polar surface area (TPSA) is 63.5 Å². The molecule has 0 spiro atoms. The van der Waals surface area contributed by atoms with Crippen LogP contribution >= 0.6 is 0 Å². The van der Waals surface area contributed by atoms with Crippen molar-refractivity contribution in [3.63, 3.8) is 0 Å². The molecule has 57 heavy (non-hydrogen) atoms. The zero-order chi connectivity index (χ0) is 40.6. The molecule has 0 fully saturated rings. The van der Waals surface area contributed by atoms with E-state index in [1.54, 1.807) is 19.2 Å². The van der Waals surface area contributed by atoms with Gasteiger partial charge in [-0.05, 0) is 83.0 Å². The Kier molecular flexibility index (Phi) is 15.1. The molecule has 1 aromatic heterocycles. The third kappa shape index (κ3) is 10.3. The van der Waals surface area contributed by atoms with Crippen molar-refractivity contribution in [2.75, 3.05) is 7.05 Å². The van der Waals surface area contributed by atoms with Gasteiger partial charge in [-0.2, -0.15) is 0 Å². The van der Waals surface area contributed by atoms with Gasteiger partial charge in [0, 0.05) is 29.1 Å². The number of nitrogens with one attached hydrogen (secondary N) is 1. The number of hydrogen-bond acceptors (Lipinski definition) is 4. The second-order valence-corrected chi connectivity index (χ2v) is 13.3. The highest BCUT2D eigenvalue weighted by molar-refractivity contribution is 6.09. The van der Waals surface area contributed by atoms with Gasteiger partial charge < -0.3 is 20.5 Å². The Hall–Kier alpha value is -6.75. The molecule has 0 radical (unpaired) electrons. The molecule has 6 aromatic carbocycles. The van der Waals surface area contributed by atoms with Crippen molar-refractivity contribution in [1.29, 1.82) is 0 Å². The Balaban J connectivity index is 0.000000452. The Morgan fingerprint density at radius 2 is 1.33 bits per heavy atom. The maximum absolute atomic E-state index is 6.62. The molecular weight excluding hydrogens is 695 g/mol. The molecule has 0 saturated carbocycles. The van der Waals surface area contributed by atoms with Crippen LogP contribution in [0.4, 0.5) is 0 Å². The van der Waals surface area contributed by atoms with Crippen LogP contribution < -0.4 is 11.1 Å². The minimum atomic E-state index is -0.284. The Labute approximate surface area is 338 Å². The number of allylic oxidation sites excluding steroid dienone is 4. The van der Waals surface area contributed by atoms with Gasteiger partial charge >= 0.3 is 0 Å². The maximum atomic E-state index is 6.62. The van der Waals surface area contributed by atoms with Gasteiger partial charge in [0.1, 0.15) is 11.2 Å². The monoisotopic (exact) mass is 747 g/mol. The van der Waals surface area contributed by atoms with Gasteiger partial charge in [0.25, 0.3) is 0 Å². The SMILES string of the molecule is C=C/C=C(\C=C)C(N)c1cccc(-c2cccc(C3C=C(c4cccc5c4oc4ccccc45)C=C(c4ccccc4)N3)c2)c1.C=NC.CC.Cc1ccccc1. The van der Waals surface area contributed by atoms with Gasteiger partial charge in [-0.15, -0.1) is 0 Å². The van der Waals surface area contributed by atoms with E-state index in [-0.39, 0.29) is 12.1 Å². The van der Waals surface area contributed by atoms with Gasteiger partial charge in [0.05, 0.1) is 12.1 Å². The normalized spacial score (nSPS) is 13.8. The second-order valence-electron chi connectivity index (χ2n) is 13.3. The van der Waals surface area contributed by atoms with E-state index >= 15 is 0 Å². The van der Waals surface area contributed by atoms with Crippen LogP contribution in [0.25, 0.3) is 44.3 Å². The third-order valence-corrected chi connectivity index (χ3v) is 9.43. The standard InChI is InChI=1S/C42H34N2O.C7H8.C2H5N.C2H6/c1-3-13-28(4-2)41(43)33-19-11-17-31(25-33)30-16-10-18-32(24-30)39-27-34(26-38(44-39)29-14-6-5-7-15-29)35-21-12-22-37-36-20-8-9-23-40(36)45-42(35)37;1-7-5-3-2-4-6-7;1-3-2;1-2/h3-27,39,41,44H,1-2,43H2;2-6H,1H3;1H2,2H3;1-2H3/b28-13+;;;. The lowest BCUT2D eigenvalue weighted by Crippen LogP contribution is -2.21. The molecule has 7 aromatic rings.